The Hall–Kier alpha value is -0.990. The second kappa shape index (κ2) is 5.26. The van der Waals surface area contributed by atoms with Gasteiger partial charge in [0.2, 0.25) is 0 Å². The number of rotatable bonds is 2. The first-order valence-corrected chi connectivity index (χ1v) is 9.48. The van der Waals surface area contributed by atoms with Crippen molar-refractivity contribution in [2.24, 2.45) is 5.92 Å². The van der Waals surface area contributed by atoms with Crippen LogP contribution in [-0.4, -0.2) is 35.5 Å². The van der Waals surface area contributed by atoms with Crippen LogP contribution in [0.4, 0.5) is 5.69 Å². The molecule has 1 saturated carbocycles. The van der Waals surface area contributed by atoms with Crippen LogP contribution in [0.5, 0.6) is 0 Å². The fourth-order valence-electron chi connectivity index (χ4n) is 3.30. The van der Waals surface area contributed by atoms with Gasteiger partial charge >= 0.3 is 10.2 Å². The maximum Gasteiger partial charge on any atom is 0.302 e. The van der Waals surface area contributed by atoms with Crippen LogP contribution in [0.15, 0.2) is 12.3 Å². The van der Waals surface area contributed by atoms with E-state index in [0.717, 1.165) is 5.56 Å². The highest BCUT2D eigenvalue weighted by Gasteiger charge is 2.36. The monoisotopic (exact) mass is 375 g/mol. The summed E-state index contributed by atoms with van der Waals surface area (Å²) < 4.78 is 29.0. The number of halogens is 2. The molecule has 124 valence electrons. The zero-order chi connectivity index (χ0) is 16.4. The minimum absolute atomic E-state index is 0.197. The summed E-state index contributed by atoms with van der Waals surface area (Å²) in [5.41, 5.74) is 1.90. The molecule has 6 nitrogen and oxygen atoms in total. The molecule has 0 radical (unpaired) electrons. The molecule has 0 bridgehead atoms. The van der Waals surface area contributed by atoms with Crippen molar-refractivity contribution in [2.45, 2.75) is 25.5 Å². The molecule has 1 aliphatic carbocycles. The van der Waals surface area contributed by atoms with Crippen molar-refractivity contribution in [1.29, 1.82) is 0 Å². The number of aliphatic hydroxyl groups is 1. The molecule has 23 heavy (non-hydrogen) atoms. The Morgan fingerprint density at radius 1 is 1.30 bits per heavy atom. The predicted octanol–water partition coefficient (Wildman–Crippen LogP) is 2.72. The summed E-state index contributed by atoms with van der Waals surface area (Å²) in [5.74, 6) is 0.197. The van der Waals surface area contributed by atoms with Crippen LogP contribution in [0, 0.1) is 5.92 Å². The lowest BCUT2D eigenvalue weighted by Crippen LogP contribution is -2.45. The van der Waals surface area contributed by atoms with E-state index in [4.69, 9.17) is 23.2 Å². The smallest absolute Gasteiger partial charge is 0.302 e. The van der Waals surface area contributed by atoms with Crippen LogP contribution >= 0.6 is 23.2 Å². The highest BCUT2D eigenvalue weighted by atomic mass is 35.5. The largest absolute Gasteiger partial charge is 0.393 e. The molecule has 1 aromatic carbocycles. The molecule has 3 N–H and O–H groups in total. The maximum atomic E-state index is 12.5. The van der Waals surface area contributed by atoms with E-state index in [9.17, 15) is 13.5 Å². The normalized spacial score (nSPS) is 26.6. The van der Waals surface area contributed by atoms with Crippen molar-refractivity contribution < 1.29 is 13.5 Å². The van der Waals surface area contributed by atoms with Gasteiger partial charge in [-0.05, 0) is 30.4 Å². The van der Waals surface area contributed by atoms with E-state index in [1.54, 1.807) is 12.3 Å². The summed E-state index contributed by atoms with van der Waals surface area (Å²) in [6, 6.07) is 1.75. The van der Waals surface area contributed by atoms with Crippen molar-refractivity contribution in [3.63, 3.8) is 0 Å². The molecule has 1 aliphatic heterocycles. The summed E-state index contributed by atoms with van der Waals surface area (Å²) in [7, 11) is -3.63. The minimum Gasteiger partial charge on any atom is -0.393 e. The second-order valence-electron chi connectivity index (χ2n) is 6.17. The number of anilines is 1. The number of nitrogens with zero attached hydrogens (tertiary/aromatic N) is 1. The molecule has 1 fully saturated rings. The highest BCUT2D eigenvalue weighted by Crippen LogP contribution is 2.41. The number of hydrogen-bond donors (Lipinski definition) is 3. The number of aliphatic hydroxyl groups excluding tert-OH is 1. The van der Waals surface area contributed by atoms with E-state index in [2.05, 4.69) is 9.71 Å². The Balaban J connectivity index is 1.73. The summed E-state index contributed by atoms with van der Waals surface area (Å²) in [4.78, 5) is 2.98. The number of hydrogen-bond acceptors (Lipinski definition) is 3. The lowest BCUT2D eigenvalue weighted by molar-refractivity contribution is 0.0341. The summed E-state index contributed by atoms with van der Waals surface area (Å²) in [6.07, 6.45) is 2.58. The van der Waals surface area contributed by atoms with E-state index in [1.807, 2.05) is 0 Å². The van der Waals surface area contributed by atoms with Gasteiger partial charge in [0.25, 0.3) is 0 Å². The van der Waals surface area contributed by atoms with Gasteiger partial charge in [0.15, 0.2) is 0 Å². The van der Waals surface area contributed by atoms with Crippen molar-refractivity contribution >= 4 is 50.0 Å². The molecule has 0 amide bonds. The lowest BCUT2D eigenvalue weighted by atomic mass is 9.82. The number of benzene rings is 1. The summed E-state index contributed by atoms with van der Waals surface area (Å²) in [5, 5.41) is 10.9. The standard InChI is InChI=1S/C14H15Cl2N3O3S/c15-10-3-8-6-19(5-7-1-9(20)2-7)23(21,22)18-13(8)14-12(10)11(16)4-17-14/h3-4,7,9,17-18,20H,1-2,5-6H2. The maximum absolute atomic E-state index is 12.5. The Morgan fingerprint density at radius 3 is 2.74 bits per heavy atom. The molecular formula is C14H15Cl2N3O3S. The average Bonchev–Trinajstić information content (AvgIpc) is 2.82. The van der Waals surface area contributed by atoms with Gasteiger partial charge in [-0.15, -0.1) is 0 Å². The fraction of sp³-hybridized carbons (Fsp3) is 0.429. The molecule has 0 atom stereocenters. The van der Waals surface area contributed by atoms with E-state index >= 15 is 0 Å². The van der Waals surface area contributed by atoms with Crippen molar-refractivity contribution in [3.05, 3.63) is 27.9 Å². The fourth-order valence-corrected chi connectivity index (χ4v) is 5.26. The first-order valence-electron chi connectivity index (χ1n) is 7.29. The van der Waals surface area contributed by atoms with Crippen molar-refractivity contribution in [1.82, 2.24) is 9.29 Å². The van der Waals surface area contributed by atoms with Crippen LogP contribution < -0.4 is 4.72 Å². The lowest BCUT2D eigenvalue weighted by Gasteiger charge is -2.37. The van der Waals surface area contributed by atoms with Crippen LogP contribution in [0.2, 0.25) is 10.0 Å². The number of aromatic nitrogens is 1. The number of H-pyrrole nitrogens is 1. The number of aromatic amines is 1. The van der Waals surface area contributed by atoms with Gasteiger partial charge in [-0.3, -0.25) is 4.72 Å². The number of nitrogens with one attached hydrogen (secondary N) is 2. The molecule has 2 heterocycles. The Labute approximate surface area is 143 Å². The predicted molar refractivity (Wildman–Crippen MR) is 90.0 cm³/mol. The molecule has 1 aromatic heterocycles. The molecule has 0 unspecified atom stereocenters. The molecule has 9 heteroatoms. The van der Waals surface area contributed by atoms with Crippen LogP contribution in [0.3, 0.4) is 0 Å². The van der Waals surface area contributed by atoms with Gasteiger partial charge in [-0.25, -0.2) is 0 Å². The molecule has 0 saturated heterocycles. The summed E-state index contributed by atoms with van der Waals surface area (Å²) >= 11 is 12.4. The SMILES string of the molecule is O=S1(=O)Nc2c(cc(Cl)c3c(Cl)c[nH]c23)CN1CC1CC(O)C1. The average molecular weight is 376 g/mol. The summed E-state index contributed by atoms with van der Waals surface area (Å²) in [6.45, 7) is 0.649. The molecule has 2 aliphatic rings. The highest BCUT2D eigenvalue weighted by molar-refractivity contribution is 7.90. The van der Waals surface area contributed by atoms with Gasteiger partial charge in [0.05, 0.1) is 27.4 Å². The van der Waals surface area contributed by atoms with Gasteiger partial charge in [0, 0.05) is 24.7 Å². The third kappa shape index (κ3) is 2.51. The van der Waals surface area contributed by atoms with Gasteiger partial charge in [0.1, 0.15) is 0 Å². The molecule has 4 rings (SSSR count). The topological polar surface area (TPSA) is 85.4 Å². The van der Waals surface area contributed by atoms with Crippen LogP contribution in [0.25, 0.3) is 10.9 Å². The quantitative estimate of drug-likeness (QED) is 0.754. The Bertz CT molecular complexity index is 890. The third-order valence-electron chi connectivity index (χ3n) is 4.53. The van der Waals surface area contributed by atoms with Gasteiger partial charge in [-0.1, -0.05) is 23.2 Å². The van der Waals surface area contributed by atoms with Crippen molar-refractivity contribution in [3.8, 4) is 0 Å². The van der Waals surface area contributed by atoms with Crippen LogP contribution in [0.1, 0.15) is 18.4 Å². The molecule has 2 aromatic rings. The Morgan fingerprint density at radius 2 is 2.04 bits per heavy atom. The van der Waals surface area contributed by atoms with E-state index < -0.39 is 10.2 Å². The minimum atomic E-state index is -3.63. The second-order valence-corrected chi connectivity index (χ2v) is 8.66. The molecule has 0 spiro atoms. The Kier molecular flexibility index (Phi) is 3.55. The first kappa shape index (κ1) is 15.5. The van der Waals surface area contributed by atoms with Crippen LogP contribution in [-0.2, 0) is 16.8 Å². The molecular weight excluding hydrogens is 361 g/mol. The first-order chi connectivity index (χ1) is 10.8. The zero-order valence-corrected chi connectivity index (χ0v) is 14.3. The third-order valence-corrected chi connectivity index (χ3v) is 6.55. The van der Waals surface area contributed by atoms with E-state index in [1.165, 1.54) is 4.31 Å². The van der Waals surface area contributed by atoms with E-state index in [-0.39, 0.29) is 18.6 Å². The van der Waals surface area contributed by atoms with Gasteiger partial charge in [-0.2, -0.15) is 12.7 Å². The van der Waals surface area contributed by atoms with Gasteiger partial charge < -0.3 is 10.1 Å². The number of fused-ring (bicyclic) bond motifs is 3. The zero-order valence-electron chi connectivity index (χ0n) is 12.0. The van der Waals surface area contributed by atoms with Crippen molar-refractivity contribution in [2.75, 3.05) is 11.3 Å². The van der Waals surface area contributed by atoms with E-state index in [0.29, 0.717) is 46.0 Å².